The second-order valence-electron chi connectivity index (χ2n) is 8.57. The van der Waals surface area contributed by atoms with Crippen LogP contribution < -0.4 is 10.2 Å². The number of aromatic nitrogens is 2. The van der Waals surface area contributed by atoms with Crippen LogP contribution in [0.25, 0.3) is 0 Å². The number of ether oxygens (including phenoxy) is 1. The summed E-state index contributed by atoms with van der Waals surface area (Å²) in [6.07, 6.45) is 6.59. The van der Waals surface area contributed by atoms with Gasteiger partial charge in [0.05, 0.1) is 6.10 Å². The minimum atomic E-state index is 0.389. The lowest BCUT2D eigenvalue weighted by molar-refractivity contribution is -0.171. The van der Waals surface area contributed by atoms with Crippen LogP contribution in [0.4, 0.5) is 5.13 Å². The maximum atomic E-state index is 6.09. The first kappa shape index (κ1) is 18.6. The van der Waals surface area contributed by atoms with Crippen LogP contribution in [0, 0.1) is 11.3 Å². The van der Waals surface area contributed by atoms with Gasteiger partial charge in [-0.25, -0.2) is 4.98 Å². The number of aliphatic imine (C=N–C) groups is 1. The number of nitrogens with one attached hydrogen (secondary N) is 1. The maximum absolute atomic E-state index is 6.09. The van der Waals surface area contributed by atoms with E-state index in [0.717, 1.165) is 62.7 Å². The molecule has 1 aromatic heterocycles. The Morgan fingerprint density at radius 1 is 1.29 bits per heavy atom. The van der Waals surface area contributed by atoms with Crippen molar-refractivity contribution in [3.8, 4) is 0 Å². The van der Waals surface area contributed by atoms with Gasteiger partial charge < -0.3 is 19.9 Å². The van der Waals surface area contributed by atoms with Crippen molar-refractivity contribution < 1.29 is 4.74 Å². The van der Waals surface area contributed by atoms with Gasteiger partial charge in [-0.3, -0.25) is 4.99 Å². The maximum Gasteiger partial charge on any atom is 0.205 e. The fourth-order valence-electron chi connectivity index (χ4n) is 5.61. The van der Waals surface area contributed by atoms with Gasteiger partial charge in [-0.1, -0.05) is 13.3 Å². The van der Waals surface area contributed by atoms with Crippen LogP contribution >= 0.6 is 11.5 Å². The Kier molecular flexibility index (Phi) is 4.95. The lowest BCUT2D eigenvalue weighted by atomic mass is 9.46. The zero-order valence-corrected chi connectivity index (χ0v) is 17.9. The number of hydrogen-bond acceptors (Lipinski definition) is 6. The Balaban J connectivity index is 1.23. The Hall–Kier alpha value is -1.41. The molecule has 1 aromatic rings. The van der Waals surface area contributed by atoms with Crippen LogP contribution in [0.15, 0.2) is 4.99 Å². The van der Waals surface area contributed by atoms with Gasteiger partial charge >= 0.3 is 0 Å². The molecule has 154 valence electrons. The zero-order chi connectivity index (χ0) is 19.1. The van der Waals surface area contributed by atoms with Gasteiger partial charge in [-0.2, -0.15) is 4.37 Å². The highest BCUT2D eigenvalue weighted by molar-refractivity contribution is 7.09. The van der Waals surface area contributed by atoms with Gasteiger partial charge in [-0.05, 0) is 26.2 Å². The molecule has 0 radical (unpaired) electrons. The molecule has 28 heavy (non-hydrogen) atoms. The number of piperazine rings is 1. The molecule has 0 aromatic carbocycles. The number of guanidine groups is 1. The summed E-state index contributed by atoms with van der Waals surface area (Å²) in [6.45, 7) is 9.93. The molecule has 4 fully saturated rings. The first-order valence-corrected chi connectivity index (χ1v) is 11.8. The predicted octanol–water partition coefficient (Wildman–Crippen LogP) is 2.15. The van der Waals surface area contributed by atoms with Crippen molar-refractivity contribution >= 4 is 22.6 Å². The Bertz CT molecular complexity index is 724. The van der Waals surface area contributed by atoms with Crippen LogP contribution in [0.5, 0.6) is 0 Å². The predicted molar refractivity (Wildman–Crippen MR) is 112 cm³/mol. The van der Waals surface area contributed by atoms with Crippen LogP contribution in [-0.4, -0.2) is 71.7 Å². The first-order chi connectivity index (χ1) is 13.7. The topological polar surface area (TPSA) is 65.9 Å². The van der Waals surface area contributed by atoms with Crippen molar-refractivity contribution in [2.75, 3.05) is 44.2 Å². The van der Waals surface area contributed by atoms with E-state index in [1.165, 1.54) is 37.2 Å². The summed E-state index contributed by atoms with van der Waals surface area (Å²) in [7, 11) is 0. The lowest BCUT2D eigenvalue weighted by Crippen LogP contribution is -2.73. The Labute approximate surface area is 171 Å². The molecule has 3 heterocycles. The third-order valence-electron chi connectivity index (χ3n) is 7.25. The van der Waals surface area contributed by atoms with Gasteiger partial charge in [0.1, 0.15) is 5.82 Å². The molecule has 1 spiro atoms. The number of rotatable bonds is 4. The SMILES string of the molecule is CCN=C(NC1C2CCOC2C12CCC2)N1CCN(c2nc(CC)ns2)CC1. The number of nitrogens with zero attached hydrogens (tertiary/aromatic N) is 5. The molecule has 0 amide bonds. The minimum absolute atomic E-state index is 0.389. The monoisotopic (exact) mass is 404 g/mol. The smallest absolute Gasteiger partial charge is 0.205 e. The van der Waals surface area contributed by atoms with E-state index < -0.39 is 0 Å². The van der Waals surface area contributed by atoms with Crippen LogP contribution in [0.3, 0.4) is 0 Å². The Morgan fingerprint density at radius 2 is 2.11 bits per heavy atom. The summed E-state index contributed by atoms with van der Waals surface area (Å²) in [6, 6.07) is 0.548. The van der Waals surface area contributed by atoms with Crippen molar-refractivity contribution in [2.24, 2.45) is 16.3 Å². The number of anilines is 1. The van der Waals surface area contributed by atoms with Gasteiger partial charge in [0, 0.05) is 74.7 Å². The normalized spacial score (nSPS) is 31.5. The number of aryl methyl sites for hydroxylation is 1. The molecule has 2 saturated heterocycles. The molecule has 2 aliphatic carbocycles. The summed E-state index contributed by atoms with van der Waals surface area (Å²) in [5, 5.41) is 4.97. The van der Waals surface area contributed by atoms with Gasteiger partial charge in [0.15, 0.2) is 5.96 Å². The third-order valence-corrected chi connectivity index (χ3v) is 8.07. The molecule has 3 atom stereocenters. The second kappa shape index (κ2) is 7.44. The van der Waals surface area contributed by atoms with Crippen molar-refractivity contribution in [3.63, 3.8) is 0 Å². The minimum Gasteiger partial charge on any atom is -0.377 e. The summed E-state index contributed by atoms with van der Waals surface area (Å²) in [4.78, 5) is 14.3. The average Bonchev–Trinajstić information content (AvgIpc) is 3.32. The molecular weight excluding hydrogens is 372 g/mol. The second-order valence-corrected chi connectivity index (χ2v) is 9.30. The molecule has 3 unspecified atom stereocenters. The summed E-state index contributed by atoms with van der Waals surface area (Å²) >= 11 is 1.53. The van der Waals surface area contributed by atoms with E-state index >= 15 is 0 Å². The highest BCUT2D eigenvalue weighted by Crippen LogP contribution is 2.62. The highest BCUT2D eigenvalue weighted by Gasteiger charge is 2.66. The van der Waals surface area contributed by atoms with Gasteiger partial charge in [-0.15, -0.1) is 0 Å². The molecule has 2 saturated carbocycles. The molecule has 7 nitrogen and oxygen atoms in total. The van der Waals surface area contributed by atoms with E-state index in [1.807, 2.05) is 0 Å². The molecule has 2 aliphatic heterocycles. The standard InChI is InChI=1S/C20H32N6OS/c1-3-15-22-19(28-24-15)26-11-9-25(10-12-26)18(21-4-2)23-16-14-6-13-27-17(14)20(16)7-5-8-20/h14,16-17H,3-13H2,1-2H3,(H,21,23). The first-order valence-electron chi connectivity index (χ1n) is 11.0. The summed E-state index contributed by atoms with van der Waals surface area (Å²) in [5.41, 5.74) is 0.389. The van der Waals surface area contributed by atoms with Crippen molar-refractivity contribution in [2.45, 2.75) is 58.1 Å². The van der Waals surface area contributed by atoms with Crippen LogP contribution in [0.2, 0.25) is 0 Å². The number of fused-ring (bicyclic) bond motifs is 2. The van der Waals surface area contributed by atoms with Crippen molar-refractivity contribution in [1.82, 2.24) is 19.6 Å². The van der Waals surface area contributed by atoms with E-state index in [2.05, 4.69) is 38.3 Å². The summed E-state index contributed by atoms with van der Waals surface area (Å²) < 4.78 is 10.5. The van der Waals surface area contributed by atoms with E-state index in [-0.39, 0.29) is 0 Å². The summed E-state index contributed by atoms with van der Waals surface area (Å²) in [5.74, 6) is 2.74. The molecule has 4 aliphatic rings. The van der Waals surface area contributed by atoms with Crippen LogP contribution in [0.1, 0.15) is 45.4 Å². The van der Waals surface area contributed by atoms with Crippen molar-refractivity contribution in [1.29, 1.82) is 0 Å². The van der Waals surface area contributed by atoms with Gasteiger partial charge in [0.25, 0.3) is 0 Å². The molecule has 5 rings (SSSR count). The molecule has 1 N–H and O–H groups in total. The lowest BCUT2D eigenvalue weighted by Gasteiger charge is -2.63. The molecule has 8 heteroatoms. The van der Waals surface area contributed by atoms with E-state index in [9.17, 15) is 0 Å². The molecule has 0 bridgehead atoms. The van der Waals surface area contributed by atoms with E-state index in [1.54, 1.807) is 0 Å². The fourth-order valence-corrected chi connectivity index (χ4v) is 6.41. The zero-order valence-electron chi connectivity index (χ0n) is 17.1. The third kappa shape index (κ3) is 2.91. The Morgan fingerprint density at radius 3 is 2.75 bits per heavy atom. The largest absolute Gasteiger partial charge is 0.377 e. The van der Waals surface area contributed by atoms with Crippen LogP contribution in [-0.2, 0) is 11.2 Å². The number of hydrogen-bond donors (Lipinski definition) is 1. The fraction of sp³-hybridized carbons (Fsp3) is 0.850. The average molecular weight is 405 g/mol. The highest BCUT2D eigenvalue weighted by atomic mass is 32.1. The van der Waals surface area contributed by atoms with Crippen molar-refractivity contribution in [3.05, 3.63) is 5.82 Å². The molecular formula is C20H32N6OS. The van der Waals surface area contributed by atoms with E-state index in [0.29, 0.717) is 23.5 Å². The van der Waals surface area contributed by atoms with E-state index in [4.69, 9.17) is 9.73 Å². The quantitative estimate of drug-likeness (QED) is 0.613. The van der Waals surface area contributed by atoms with Gasteiger partial charge in [0.2, 0.25) is 5.13 Å².